The lowest BCUT2D eigenvalue weighted by Gasteiger charge is -2.23. The summed E-state index contributed by atoms with van der Waals surface area (Å²) in [5, 5.41) is 0. The van der Waals surface area contributed by atoms with Gasteiger partial charge < -0.3 is 13.9 Å². The molecule has 112 valence electrons. The lowest BCUT2D eigenvalue weighted by atomic mass is 10.2. The maximum atomic E-state index is 12.6. The molecule has 0 radical (unpaired) electrons. The van der Waals surface area contributed by atoms with Crippen LogP contribution in [0.2, 0.25) is 0 Å². The third-order valence-corrected chi connectivity index (χ3v) is 4.37. The topological polar surface area (TPSA) is 51.3 Å². The molecule has 1 aromatic carbocycles. The Morgan fingerprint density at radius 1 is 1.27 bits per heavy atom. The predicted octanol–water partition coefficient (Wildman–Crippen LogP) is 3.14. The fraction of sp³-hybridized carbons (Fsp3) is 0.294. The van der Waals surface area contributed by atoms with Crippen LogP contribution in [0.4, 0.5) is 0 Å². The van der Waals surface area contributed by atoms with Crippen LogP contribution in [-0.4, -0.2) is 26.9 Å². The van der Waals surface area contributed by atoms with E-state index < -0.39 is 0 Å². The van der Waals surface area contributed by atoms with E-state index in [-0.39, 0.29) is 11.9 Å². The Kier molecular flexibility index (Phi) is 2.99. The average molecular weight is 295 g/mol. The highest BCUT2D eigenvalue weighted by Crippen LogP contribution is 2.33. The quantitative estimate of drug-likeness (QED) is 0.730. The number of rotatable bonds is 2. The number of benzene rings is 1. The Morgan fingerprint density at radius 3 is 2.91 bits per heavy atom. The van der Waals surface area contributed by atoms with Gasteiger partial charge in [0, 0.05) is 13.6 Å². The summed E-state index contributed by atoms with van der Waals surface area (Å²) in [7, 11) is 2.01. The van der Waals surface area contributed by atoms with Crippen molar-refractivity contribution in [3.05, 3.63) is 54.2 Å². The molecule has 1 aliphatic heterocycles. The molecule has 0 N–H and O–H groups in total. The molecule has 0 bridgehead atoms. The van der Waals surface area contributed by atoms with Crippen LogP contribution in [0.3, 0.4) is 0 Å². The third kappa shape index (κ3) is 1.93. The van der Waals surface area contributed by atoms with Gasteiger partial charge in [-0.3, -0.25) is 4.79 Å². The molecule has 1 saturated heterocycles. The van der Waals surface area contributed by atoms with Gasteiger partial charge >= 0.3 is 0 Å². The smallest absolute Gasteiger partial charge is 0.290 e. The lowest BCUT2D eigenvalue weighted by molar-refractivity contribution is 0.0696. The number of furan rings is 1. The molecule has 0 saturated carbocycles. The second kappa shape index (κ2) is 5.02. The number of hydrogen-bond donors (Lipinski definition) is 0. The van der Waals surface area contributed by atoms with Gasteiger partial charge in [0.2, 0.25) is 0 Å². The zero-order valence-electron chi connectivity index (χ0n) is 12.4. The van der Waals surface area contributed by atoms with E-state index in [9.17, 15) is 4.79 Å². The van der Waals surface area contributed by atoms with Gasteiger partial charge in [-0.1, -0.05) is 12.1 Å². The monoisotopic (exact) mass is 295 g/mol. The Morgan fingerprint density at radius 2 is 2.14 bits per heavy atom. The van der Waals surface area contributed by atoms with Crippen LogP contribution < -0.4 is 0 Å². The minimum Gasteiger partial charge on any atom is -0.459 e. The number of hydrogen-bond acceptors (Lipinski definition) is 3. The molecule has 1 fully saturated rings. The minimum atomic E-state index is -0.0560. The fourth-order valence-electron chi connectivity index (χ4n) is 3.28. The van der Waals surface area contributed by atoms with E-state index in [0.29, 0.717) is 5.76 Å². The van der Waals surface area contributed by atoms with E-state index >= 15 is 0 Å². The summed E-state index contributed by atoms with van der Waals surface area (Å²) >= 11 is 0. The van der Waals surface area contributed by atoms with Crippen LogP contribution in [0.15, 0.2) is 47.1 Å². The standard InChI is InChI=1S/C17H17N3O2/c1-19-13-7-3-2-6-12(13)18-16(19)14-8-4-10-20(14)17(21)15-9-5-11-22-15/h2-3,5-7,9,11,14H,4,8,10H2,1H3/t14-/m0/s1. The molecule has 0 unspecified atom stereocenters. The van der Waals surface area contributed by atoms with Crippen molar-refractivity contribution in [2.24, 2.45) is 7.05 Å². The van der Waals surface area contributed by atoms with Crippen molar-refractivity contribution in [2.45, 2.75) is 18.9 Å². The van der Waals surface area contributed by atoms with Gasteiger partial charge in [0.15, 0.2) is 5.76 Å². The number of nitrogens with zero attached hydrogens (tertiary/aromatic N) is 3. The number of para-hydroxylation sites is 2. The molecule has 1 atom stereocenters. The highest BCUT2D eigenvalue weighted by atomic mass is 16.3. The number of aromatic nitrogens is 2. The van der Waals surface area contributed by atoms with Gasteiger partial charge in [-0.05, 0) is 37.1 Å². The van der Waals surface area contributed by atoms with Crippen LogP contribution in [-0.2, 0) is 7.05 Å². The maximum Gasteiger partial charge on any atom is 0.290 e. The van der Waals surface area contributed by atoms with Crippen molar-refractivity contribution in [1.82, 2.24) is 14.5 Å². The van der Waals surface area contributed by atoms with E-state index in [1.54, 1.807) is 12.1 Å². The summed E-state index contributed by atoms with van der Waals surface area (Å²) in [6.07, 6.45) is 3.46. The molecule has 3 aromatic rings. The minimum absolute atomic E-state index is 0.00926. The van der Waals surface area contributed by atoms with Crippen molar-refractivity contribution in [3.63, 3.8) is 0 Å². The molecule has 4 rings (SSSR count). The van der Waals surface area contributed by atoms with E-state index in [2.05, 4.69) is 10.6 Å². The Labute approximate surface area is 128 Å². The molecule has 22 heavy (non-hydrogen) atoms. The number of likely N-dealkylation sites (tertiary alicyclic amines) is 1. The summed E-state index contributed by atoms with van der Waals surface area (Å²) in [5.74, 6) is 1.28. The van der Waals surface area contributed by atoms with Crippen LogP contribution in [0.1, 0.15) is 35.3 Å². The van der Waals surface area contributed by atoms with Gasteiger partial charge in [0.1, 0.15) is 5.82 Å². The van der Waals surface area contributed by atoms with Crippen molar-refractivity contribution < 1.29 is 9.21 Å². The van der Waals surface area contributed by atoms with E-state index in [4.69, 9.17) is 9.40 Å². The van der Waals surface area contributed by atoms with E-state index in [1.807, 2.05) is 30.1 Å². The third-order valence-electron chi connectivity index (χ3n) is 4.37. The van der Waals surface area contributed by atoms with Crippen LogP contribution >= 0.6 is 0 Å². The van der Waals surface area contributed by atoms with Crippen molar-refractivity contribution in [3.8, 4) is 0 Å². The molecule has 0 spiro atoms. The molecule has 1 amide bonds. The van der Waals surface area contributed by atoms with E-state index in [0.717, 1.165) is 36.2 Å². The first kappa shape index (κ1) is 13.1. The number of carbonyl (C=O) groups is 1. The summed E-state index contributed by atoms with van der Waals surface area (Å²) in [5.41, 5.74) is 2.06. The Hall–Kier alpha value is -2.56. The SMILES string of the molecule is Cn1c([C@@H]2CCCN2C(=O)c2ccco2)nc2ccccc21. The second-order valence-corrected chi connectivity index (χ2v) is 5.65. The number of carbonyl (C=O) groups excluding carboxylic acids is 1. The Balaban J connectivity index is 1.73. The average Bonchev–Trinajstić information content (AvgIpc) is 3.27. The molecule has 5 heteroatoms. The fourth-order valence-corrected chi connectivity index (χ4v) is 3.28. The first-order valence-electron chi connectivity index (χ1n) is 7.51. The van der Waals surface area contributed by atoms with Gasteiger partial charge in [-0.25, -0.2) is 4.98 Å². The van der Waals surface area contributed by atoms with Crippen LogP contribution in [0.25, 0.3) is 11.0 Å². The van der Waals surface area contributed by atoms with Gasteiger partial charge in [-0.2, -0.15) is 0 Å². The highest BCUT2D eigenvalue weighted by Gasteiger charge is 2.34. The summed E-state index contributed by atoms with van der Waals surface area (Å²) in [6.45, 7) is 0.743. The largest absolute Gasteiger partial charge is 0.459 e. The van der Waals surface area contributed by atoms with Gasteiger partial charge in [0.25, 0.3) is 5.91 Å². The zero-order valence-corrected chi connectivity index (χ0v) is 12.4. The molecular formula is C17H17N3O2. The van der Waals surface area contributed by atoms with Crippen molar-refractivity contribution in [2.75, 3.05) is 6.54 Å². The highest BCUT2D eigenvalue weighted by molar-refractivity contribution is 5.92. The summed E-state index contributed by atoms with van der Waals surface area (Å²) in [6, 6.07) is 11.5. The summed E-state index contributed by atoms with van der Waals surface area (Å²) in [4.78, 5) is 19.2. The van der Waals surface area contributed by atoms with Gasteiger partial charge in [-0.15, -0.1) is 0 Å². The molecule has 0 aliphatic carbocycles. The normalized spacial score (nSPS) is 18.2. The molecule has 1 aliphatic rings. The molecule has 3 heterocycles. The number of amides is 1. The van der Waals surface area contributed by atoms with Crippen molar-refractivity contribution in [1.29, 1.82) is 0 Å². The number of imidazole rings is 1. The number of fused-ring (bicyclic) bond motifs is 1. The van der Waals surface area contributed by atoms with E-state index in [1.165, 1.54) is 6.26 Å². The van der Waals surface area contributed by atoms with Gasteiger partial charge in [0.05, 0.1) is 23.3 Å². The first-order chi connectivity index (χ1) is 10.8. The first-order valence-corrected chi connectivity index (χ1v) is 7.51. The molecule has 2 aromatic heterocycles. The predicted molar refractivity (Wildman–Crippen MR) is 82.4 cm³/mol. The van der Waals surface area contributed by atoms with Crippen LogP contribution in [0, 0.1) is 0 Å². The maximum absolute atomic E-state index is 12.6. The summed E-state index contributed by atoms with van der Waals surface area (Å²) < 4.78 is 7.35. The molecular weight excluding hydrogens is 278 g/mol. The van der Waals surface area contributed by atoms with Crippen LogP contribution in [0.5, 0.6) is 0 Å². The lowest BCUT2D eigenvalue weighted by Crippen LogP contribution is -2.31. The molecule has 5 nitrogen and oxygen atoms in total. The van der Waals surface area contributed by atoms with Crippen molar-refractivity contribution >= 4 is 16.9 Å². The second-order valence-electron chi connectivity index (χ2n) is 5.65. The Bertz CT molecular complexity index is 820. The zero-order chi connectivity index (χ0) is 15.1. The number of aryl methyl sites for hydroxylation is 1.